The Morgan fingerprint density at radius 3 is 2.69 bits per heavy atom. The Labute approximate surface area is 174 Å². The highest BCUT2D eigenvalue weighted by atomic mass is 32.1. The highest BCUT2D eigenvalue weighted by Gasteiger charge is 2.18. The smallest absolute Gasteiger partial charge is 0.262 e. The first-order chi connectivity index (χ1) is 14.0. The fraction of sp³-hybridized carbons (Fsp3) is 0.381. The molecule has 3 heterocycles. The summed E-state index contributed by atoms with van der Waals surface area (Å²) in [6, 6.07) is 7.65. The Morgan fingerprint density at radius 1 is 1.17 bits per heavy atom. The fourth-order valence-electron chi connectivity index (χ4n) is 3.33. The lowest BCUT2D eigenvalue weighted by Crippen LogP contribution is -2.45. The van der Waals surface area contributed by atoms with E-state index in [1.807, 2.05) is 43.5 Å². The van der Waals surface area contributed by atoms with Crippen LogP contribution in [0.5, 0.6) is 5.75 Å². The van der Waals surface area contributed by atoms with Crippen LogP contribution in [-0.4, -0.2) is 60.6 Å². The van der Waals surface area contributed by atoms with Crippen LogP contribution < -0.4 is 15.0 Å². The van der Waals surface area contributed by atoms with E-state index in [2.05, 4.69) is 22.2 Å². The summed E-state index contributed by atoms with van der Waals surface area (Å²) < 4.78 is 5.53. The molecule has 0 unspecified atom stereocenters. The predicted molar refractivity (Wildman–Crippen MR) is 117 cm³/mol. The third-order valence-corrected chi connectivity index (χ3v) is 5.86. The number of piperazine rings is 1. The quantitative estimate of drug-likeness (QED) is 0.696. The molecule has 8 heteroatoms. The van der Waals surface area contributed by atoms with E-state index in [0.717, 1.165) is 59.4 Å². The van der Waals surface area contributed by atoms with Crippen molar-refractivity contribution in [2.75, 3.05) is 50.1 Å². The van der Waals surface area contributed by atoms with Crippen molar-refractivity contribution < 1.29 is 9.53 Å². The Hall–Kier alpha value is -2.71. The van der Waals surface area contributed by atoms with Crippen LogP contribution in [0.3, 0.4) is 0 Å². The van der Waals surface area contributed by atoms with Crippen molar-refractivity contribution >= 4 is 39.8 Å². The van der Waals surface area contributed by atoms with Crippen molar-refractivity contribution in [2.45, 2.75) is 13.8 Å². The first-order valence-corrected chi connectivity index (χ1v) is 10.6. The highest BCUT2D eigenvalue weighted by Crippen LogP contribution is 2.24. The van der Waals surface area contributed by atoms with E-state index < -0.39 is 0 Å². The molecule has 0 bridgehead atoms. The van der Waals surface area contributed by atoms with Crippen LogP contribution in [0.15, 0.2) is 29.6 Å². The molecule has 1 aliphatic heterocycles. The number of hydrogen-bond donors (Lipinski definition) is 1. The largest absolute Gasteiger partial charge is 0.483 e. The SMILES string of the molecule is Cc1cc(OCC(=O)Nc2ccc3nc(N4CCN(C)CC4)nc(C)c3c2)cs1. The van der Waals surface area contributed by atoms with Gasteiger partial charge >= 0.3 is 0 Å². The van der Waals surface area contributed by atoms with E-state index in [9.17, 15) is 4.79 Å². The van der Waals surface area contributed by atoms with Crippen LogP contribution in [0, 0.1) is 13.8 Å². The summed E-state index contributed by atoms with van der Waals surface area (Å²) in [5, 5.41) is 5.73. The van der Waals surface area contributed by atoms with Crippen molar-refractivity contribution in [1.82, 2.24) is 14.9 Å². The number of rotatable bonds is 5. The molecule has 0 atom stereocenters. The Kier molecular flexibility index (Phi) is 5.64. The molecule has 1 aliphatic rings. The molecule has 0 aliphatic carbocycles. The van der Waals surface area contributed by atoms with Crippen LogP contribution in [0.25, 0.3) is 10.9 Å². The van der Waals surface area contributed by atoms with E-state index in [0.29, 0.717) is 5.69 Å². The average molecular weight is 412 g/mol. The van der Waals surface area contributed by atoms with E-state index in [-0.39, 0.29) is 12.5 Å². The normalized spacial score (nSPS) is 14.9. The first-order valence-electron chi connectivity index (χ1n) is 9.67. The van der Waals surface area contributed by atoms with Gasteiger partial charge in [0.2, 0.25) is 5.95 Å². The Balaban J connectivity index is 1.45. The van der Waals surface area contributed by atoms with Crippen molar-refractivity contribution in [1.29, 1.82) is 0 Å². The zero-order valence-corrected chi connectivity index (χ0v) is 17.8. The number of hydrogen-bond acceptors (Lipinski definition) is 7. The lowest BCUT2D eigenvalue weighted by atomic mass is 10.1. The number of aromatic nitrogens is 2. The van der Waals surface area contributed by atoms with Gasteiger partial charge in [-0.1, -0.05) is 0 Å². The van der Waals surface area contributed by atoms with Gasteiger partial charge in [-0.05, 0) is 45.2 Å². The van der Waals surface area contributed by atoms with Gasteiger partial charge in [0.05, 0.1) is 11.2 Å². The molecule has 0 saturated carbocycles. The highest BCUT2D eigenvalue weighted by molar-refractivity contribution is 7.10. The van der Waals surface area contributed by atoms with Gasteiger partial charge in [-0.25, -0.2) is 9.97 Å². The molecule has 4 rings (SSSR count). The van der Waals surface area contributed by atoms with Gasteiger partial charge in [0, 0.05) is 47.5 Å². The number of carbonyl (C=O) groups is 1. The van der Waals surface area contributed by atoms with Gasteiger partial charge in [0.15, 0.2) is 6.61 Å². The number of carbonyl (C=O) groups excluding carboxylic acids is 1. The number of ether oxygens (including phenoxy) is 1. The van der Waals surface area contributed by atoms with Crippen LogP contribution in [0.2, 0.25) is 0 Å². The number of anilines is 2. The molecule has 1 aromatic carbocycles. The average Bonchev–Trinajstić information content (AvgIpc) is 3.12. The molecular weight excluding hydrogens is 386 g/mol. The maximum absolute atomic E-state index is 12.2. The van der Waals surface area contributed by atoms with Crippen LogP contribution in [0.1, 0.15) is 10.6 Å². The minimum Gasteiger partial charge on any atom is -0.483 e. The minimum atomic E-state index is -0.194. The topological polar surface area (TPSA) is 70.6 Å². The van der Waals surface area contributed by atoms with E-state index >= 15 is 0 Å². The second-order valence-electron chi connectivity index (χ2n) is 7.36. The number of nitrogens with one attached hydrogen (secondary N) is 1. The maximum atomic E-state index is 12.2. The van der Waals surface area contributed by atoms with Crippen molar-refractivity contribution in [2.24, 2.45) is 0 Å². The summed E-state index contributed by atoms with van der Waals surface area (Å²) in [5.41, 5.74) is 2.51. The number of nitrogens with zero attached hydrogens (tertiary/aromatic N) is 4. The first kappa shape index (κ1) is 19.6. The molecule has 1 N–H and O–H groups in total. The molecule has 0 spiro atoms. The summed E-state index contributed by atoms with van der Waals surface area (Å²) in [7, 11) is 2.13. The van der Waals surface area contributed by atoms with Gasteiger partial charge in [-0.15, -0.1) is 11.3 Å². The lowest BCUT2D eigenvalue weighted by Gasteiger charge is -2.32. The molecule has 29 heavy (non-hydrogen) atoms. The summed E-state index contributed by atoms with van der Waals surface area (Å²) >= 11 is 1.60. The molecule has 7 nitrogen and oxygen atoms in total. The standard InChI is InChI=1S/C21H25N5O2S/c1-14-10-17(13-29-14)28-12-20(27)23-16-4-5-19-18(11-16)15(2)22-21(24-19)26-8-6-25(3)7-9-26/h4-5,10-11,13H,6-9,12H2,1-3H3,(H,23,27). The molecule has 0 radical (unpaired) electrons. The molecule has 1 saturated heterocycles. The molecule has 152 valence electrons. The Morgan fingerprint density at radius 2 is 1.97 bits per heavy atom. The minimum absolute atomic E-state index is 0.0218. The monoisotopic (exact) mass is 411 g/mol. The van der Waals surface area contributed by atoms with Crippen molar-refractivity contribution in [3.63, 3.8) is 0 Å². The number of fused-ring (bicyclic) bond motifs is 1. The number of likely N-dealkylation sites (N-methyl/N-ethyl adjacent to an activating group) is 1. The number of benzene rings is 1. The van der Waals surface area contributed by atoms with Crippen LogP contribution in [0.4, 0.5) is 11.6 Å². The molecule has 1 amide bonds. The number of amides is 1. The second-order valence-corrected chi connectivity index (χ2v) is 8.48. The van der Waals surface area contributed by atoms with Crippen molar-refractivity contribution in [3.8, 4) is 5.75 Å². The fourth-order valence-corrected chi connectivity index (χ4v) is 3.96. The van der Waals surface area contributed by atoms with Gasteiger partial charge in [-0.2, -0.15) is 0 Å². The summed E-state index contributed by atoms with van der Waals surface area (Å²) in [4.78, 5) is 27.4. The van der Waals surface area contributed by atoms with E-state index in [1.54, 1.807) is 11.3 Å². The molecule has 2 aromatic heterocycles. The number of thiophene rings is 1. The Bertz CT molecular complexity index is 1030. The van der Waals surface area contributed by atoms with Gasteiger partial charge in [0.1, 0.15) is 5.75 Å². The third kappa shape index (κ3) is 4.65. The molecule has 3 aromatic rings. The van der Waals surface area contributed by atoms with E-state index in [4.69, 9.17) is 14.7 Å². The zero-order valence-electron chi connectivity index (χ0n) is 16.9. The maximum Gasteiger partial charge on any atom is 0.262 e. The van der Waals surface area contributed by atoms with Gasteiger partial charge in [-0.3, -0.25) is 4.79 Å². The van der Waals surface area contributed by atoms with Gasteiger partial charge in [0.25, 0.3) is 5.91 Å². The molecular formula is C21H25N5O2S. The van der Waals surface area contributed by atoms with E-state index in [1.165, 1.54) is 0 Å². The predicted octanol–water partition coefficient (Wildman–Crippen LogP) is 3.08. The van der Waals surface area contributed by atoms with Crippen LogP contribution >= 0.6 is 11.3 Å². The lowest BCUT2D eigenvalue weighted by molar-refractivity contribution is -0.118. The summed E-state index contributed by atoms with van der Waals surface area (Å²) in [5.74, 6) is 1.31. The van der Waals surface area contributed by atoms with Crippen LogP contribution in [-0.2, 0) is 4.79 Å². The van der Waals surface area contributed by atoms with Crippen molar-refractivity contribution in [3.05, 3.63) is 40.2 Å². The molecule has 1 fully saturated rings. The summed E-state index contributed by atoms with van der Waals surface area (Å²) in [6.45, 7) is 7.85. The summed E-state index contributed by atoms with van der Waals surface area (Å²) in [6.07, 6.45) is 0. The van der Waals surface area contributed by atoms with Gasteiger partial charge < -0.3 is 19.9 Å². The number of aryl methyl sites for hydroxylation is 2. The third-order valence-electron chi connectivity index (χ3n) is 5.02. The second kappa shape index (κ2) is 8.34. The zero-order chi connectivity index (χ0) is 20.4.